The molecule has 0 bridgehead atoms. The van der Waals surface area contributed by atoms with Gasteiger partial charge in [0.2, 0.25) is 11.8 Å². The topological polar surface area (TPSA) is 71.4 Å². The summed E-state index contributed by atoms with van der Waals surface area (Å²) in [6, 6.07) is 9.50. The summed E-state index contributed by atoms with van der Waals surface area (Å²) in [5.74, 6) is -0.591. The molecule has 0 radical (unpaired) electrons. The number of likely N-dealkylation sites (tertiary alicyclic amines) is 1. The van der Waals surface area contributed by atoms with E-state index >= 15 is 0 Å². The quantitative estimate of drug-likeness (QED) is 0.847. The van der Waals surface area contributed by atoms with Gasteiger partial charge in [0.1, 0.15) is 0 Å². The molecule has 2 aromatic rings. The number of benzene rings is 1. The van der Waals surface area contributed by atoms with Crippen molar-refractivity contribution in [2.75, 3.05) is 13.1 Å². The Bertz CT molecular complexity index is 872. The van der Waals surface area contributed by atoms with Crippen LogP contribution in [0.3, 0.4) is 0 Å². The first-order valence-electron chi connectivity index (χ1n) is 8.36. The average molecular weight is 337 g/mol. The van der Waals surface area contributed by atoms with Crippen molar-refractivity contribution in [3.05, 3.63) is 53.9 Å². The van der Waals surface area contributed by atoms with Gasteiger partial charge >= 0.3 is 0 Å². The number of amides is 3. The van der Waals surface area contributed by atoms with E-state index in [0.717, 1.165) is 11.3 Å². The summed E-state index contributed by atoms with van der Waals surface area (Å²) in [7, 11) is 0. The van der Waals surface area contributed by atoms with Crippen molar-refractivity contribution in [3.8, 4) is 5.69 Å². The first-order chi connectivity index (χ1) is 12.0. The third kappa shape index (κ3) is 2.54. The van der Waals surface area contributed by atoms with E-state index in [1.54, 1.807) is 4.90 Å². The molecule has 1 atom stereocenters. The molecule has 1 N–H and O–H groups in total. The zero-order chi connectivity index (χ0) is 17.6. The van der Waals surface area contributed by atoms with Crippen molar-refractivity contribution in [2.24, 2.45) is 5.41 Å². The van der Waals surface area contributed by atoms with Gasteiger partial charge in [-0.25, -0.2) is 0 Å². The average Bonchev–Trinajstić information content (AvgIpc) is 3.30. The summed E-state index contributed by atoms with van der Waals surface area (Å²) >= 11 is 0. The molecule has 3 heterocycles. The predicted octanol–water partition coefficient (Wildman–Crippen LogP) is 1.66. The number of nitrogens with one attached hydrogen (secondary N) is 1. The number of carbonyl (C=O) groups excluding carboxylic acids is 3. The largest absolute Gasteiger partial charge is 0.338 e. The first kappa shape index (κ1) is 15.6. The number of imide groups is 1. The second-order valence-electron chi connectivity index (χ2n) is 6.90. The number of aromatic nitrogens is 1. The van der Waals surface area contributed by atoms with Gasteiger partial charge < -0.3 is 9.47 Å². The first-order valence-corrected chi connectivity index (χ1v) is 8.36. The molecule has 6 nitrogen and oxygen atoms in total. The smallest absolute Gasteiger partial charge is 0.253 e. The highest BCUT2D eigenvalue weighted by atomic mass is 16.2. The standard InChI is InChI=1S/C19H19N3O3/c1-13-4-5-14(10-15(13)21-7-2-3-8-21)17(24)22-9-6-19(12-22)11-16(23)20-18(19)25/h2-5,7-8,10H,6,9,11-12H2,1H3,(H,20,23,25)/t19-/m1/s1. The Morgan fingerprint density at radius 1 is 1.20 bits per heavy atom. The second kappa shape index (κ2) is 5.58. The van der Waals surface area contributed by atoms with E-state index in [1.165, 1.54) is 0 Å². The van der Waals surface area contributed by atoms with Crippen LogP contribution < -0.4 is 5.32 Å². The fourth-order valence-corrected chi connectivity index (χ4v) is 3.76. The van der Waals surface area contributed by atoms with Crippen LogP contribution >= 0.6 is 0 Å². The molecule has 128 valence electrons. The maximum absolute atomic E-state index is 12.9. The number of carbonyl (C=O) groups is 3. The Morgan fingerprint density at radius 2 is 1.96 bits per heavy atom. The van der Waals surface area contributed by atoms with Crippen molar-refractivity contribution < 1.29 is 14.4 Å². The van der Waals surface area contributed by atoms with Crippen molar-refractivity contribution in [3.63, 3.8) is 0 Å². The lowest BCUT2D eigenvalue weighted by atomic mass is 9.85. The number of nitrogens with zero attached hydrogens (tertiary/aromatic N) is 2. The van der Waals surface area contributed by atoms with Crippen LogP contribution in [-0.4, -0.2) is 40.3 Å². The van der Waals surface area contributed by atoms with Crippen molar-refractivity contribution in [1.82, 2.24) is 14.8 Å². The third-order valence-electron chi connectivity index (χ3n) is 5.21. The van der Waals surface area contributed by atoms with Gasteiger partial charge in [0.25, 0.3) is 5.91 Å². The van der Waals surface area contributed by atoms with Gasteiger partial charge in [0, 0.05) is 43.2 Å². The Morgan fingerprint density at radius 3 is 2.64 bits per heavy atom. The zero-order valence-electron chi connectivity index (χ0n) is 14.0. The molecular weight excluding hydrogens is 318 g/mol. The van der Waals surface area contributed by atoms with Gasteiger partial charge in [-0.2, -0.15) is 0 Å². The normalized spacial score (nSPS) is 22.7. The highest BCUT2D eigenvalue weighted by molar-refractivity contribution is 6.07. The van der Waals surface area contributed by atoms with E-state index in [-0.39, 0.29) is 24.1 Å². The lowest BCUT2D eigenvalue weighted by Crippen LogP contribution is -2.36. The molecule has 2 aliphatic heterocycles. The van der Waals surface area contributed by atoms with Crippen LogP contribution in [0.25, 0.3) is 5.69 Å². The summed E-state index contributed by atoms with van der Waals surface area (Å²) in [6.45, 7) is 2.80. The Hall–Kier alpha value is -2.89. The van der Waals surface area contributed by atoms with Crippen LogP contribution in [0.1, 0.15) is 28.8 Å². The molecule has 3 amide bonds. The molecule has 1 aromatic heterocycles. The Balaban J connectivity index is 1.59. The molecule has 4 rings (SSSR count). The van der Waals surface area contributed by atoms with Gasteiger partial charge in [-0.05, 0) is 43.2 Å². The molecule has 2 aliphatic rings. The molecule has 1 spiro atoms. The number of hydrogen-bond donors (Lipinski definition) is 1. The van der Waals surface area contributed by atoms with E-state index < -0.39 is 5.41 Å². The maximum atomic E-state index is 12.9. The minimum Gasteiger partial charge on any atom is -0.338 e. The van der Waals surface area contributed by atoms with Crippen LogP contribution in [-0.2, 0) is 9.59 Å². The molecular formula is C19H19N3O3. The van der Waals surface area contributed by atoms with Crippen LogP contribution in [0.2, 0.25) is 0 Å². The number of hydrogen-bond acceptors (Lipinski definition) is 3. The summed E-state index contributed by atoms with van der Waals surface area (Å²) in [5, 5.41) is 2.36. The van der Waals surface area contributed by atoms with Crippen LogP contribution in [0.15, 0.2) is 42.7 Å². The Labute approximate surface area is 145 Å². The van der Waals surface area contributed by atoms with Crippen LogP contribution in [0.5, 0.6) is 0 Å². The fourth-order valence-electron chi connectivity index (χ4n) is 3.76. The predicted molar refractivity (Wildman–Crippen MR) is 91.2 cm³/mol. The van der Waals surface area contributed by atoms with E-state index in [0.29, 0.717) is 25.1 Å². The summed E-state index contributed by atoms with van der Waals surface area (Å²) in [5.41, 5.74) is 1.89. The van der Waals surface area contributed by atoms with E-state index in [4.69, 9.17) is 0 Å². The summed E-state index contributed by atoms with van der Waals surface area (Å²) < 4.78 is 1.97. The lowest BCUT2D eigenvalue weighted by Gasteiger charge is -2.21. The van der Waals surface area contributed by atoms with Gasteiger partial charge in [-0.3, -0.25) is 19.7 Å². The third-order valence-corrected chi connectivity index (χ3v) is 5.21. The molecule has 1 aromatic carbocycles. The molecule has 0 unspecified atom stereocenters. The van der Waals surface area contributed by atoms with Gasteiger partial charge in [0.05, 0.1) is 5.41 Å². The SMILES string of the molecule is Cc1ccc(C(=O)N2CC[C@@]3(CC(=O)NC3=O)C2)cc1-n1cccc1. The van der Waals surface area contributed by atoms with Crippen LogP contribution in [0.4, 0.5) is 0 Å². The molecule has 6 heteroatoms. The highest BCUT2D eigenvalue weighted by Crippen LogP contribution is 2.38. The van der Waals surface area contributed by atoms with Crippen molar-refractivity contribution >= 4 is 17.7 Å². The van der Waals surface area contributed by atoms with E-state index in [1.807, 2.05) is 54.2 Å². The minimum atomic E-state index is -0.735. The second-order valence-corrected chi connectivity index (χ2v) is 6.90. The lowest BCUT2D eigenvalue weighted by molar-refractivity contribution is -0.128. The highest BCUT2D eigenvalue weighted by Gasteiger charge is 2.51. The number of rotatable bonds is 2. The molecule has 25 heavy (non-hydrogen) atoms. The van der Waals surface area contributed by atoms with Gasteiger partial charge in [-0.15, -0.1) is 0 Å². The fraction of sp³-hybridized carbons (Fsp3) is 0.316. The molecule has 0 saturated carbocycles. The maximum Gasteiger partial charge on any atom is 0.253 e. The zero-order valence-corrected chi connectivity index (χ0v) is 14.0. The van der Waals surface area contributed by atoms with Crippen molar-refractivity contribution in [1.29, 1.82) is 0 Å². The monoisotopic (exact) mass is 337 g/mol. The number of aryl methyl sites for hydroxylation is 1. The van der Waals surface area contributed by atoms with Crippen LogP contribution in [0, 0.1) is 12.3 Å². The van der Waals surface area contributed by atoms with Gasteiger partial charge in [-0.1, -0.05) is 6.07 Å². The van der Waals surface area contributed by atoms with E-state index in [9.17, 15) is 14.4 Å². The van der Waals surface area contributed by atoms with Gasteiger partial charge in [0.15, 0.2) is 0 Å². The van der Waals surface area contributed by atoms with Crippen molar-refractivity contribution in [2.45, 2.75) is 19.8 Å². The molecule has 0 aliphatic carbocycles. The molecule has 2 fully saturated rings. The summed E-state index contributed by atoms with van der Waals surface area (Å²) in [6.07, 6.45) is 4.59. The summed E-state index contributed by atoms with van der Waals surface area (Å²) in [4.78, 5) is 38.2. The molecule has 2 saturated heterocycles. The van der Waals surface area contributed by atoms with E-state index in [2.05, 4.69) is 5.32 Å². The Kier molecular flexibility index (Phi) is 3.49. The minimum absolute atomic E-state index is 0.0996.